The molecule has 1 aliphatic heterocycles. The summed E-state index contributed by atoms with van der Waals surface area (Å²) in [5.41, 5.74) is 0.253. The van der Waals surface area contributed by atoms with Crippen LogP contribution in [-0.2, 0) is 21.2 Å². The average Bonchev–Trinajstić information content (AvgIpc) is 3.21. The van der Waals surface area contributed by atoms with Crippen molar-refractivity contribution in [3.05, 3.63) is 52.2 Å². The summed E-state index contributed by atoms with van der Waals surface area (Å²) in [4.78, 5) is 27.1. The van der Waals surface area contributed by atoms with Crippen molar-refractivity contribution in [2.45, 2.75) is 25.9 Å². The van der Waals surface area contributed by atoms with Crippen molar-refractivity contribution in [3.63, 3.8) is 0 Å². The lowest BCUT2D eigenvalue weighted by Gasteiger charge is -2.28. The minimum absolute atomic E-state index is 0.0418. The highest BCUT2D eigenvalue weighted by Gasteiger charge is 2.36. The lowest BCUT2D eigenvalue weighted by Crippen LogP contribution is -2.40. The molecule has 8 heteroatoms. The minimum Gasteiger partial charge on any atom is -0.426 e. The Morgan fingerprint density at radius 3 is 2.62 bits per heavy atom. The van der Waals surface area contributed by atoms with Crippen molar-refractivity contribution >= 4 is 33.1 Å². The van der Waals surface area contributed by atoms with Gasteiger partial charge in [-0.3, -0.25) is 9.59 Å². The lowest BCUT2D eigenvalue weighted by atomic mass is 10.1. The molecule has 138 valence electrons. The van der Waals surface area contributed by atoms with Gasteiger partial charge < -0.3 is 9.64 Å². The Kier molecular flexibility index (Phi) is 5.43. The van der Waals surface area contributed by atoms with E-state index in [0.717, 1.165) is 4.88 Å². The summed E-state index contributed by atoms with van der Waals surface area (Å²) < 4.78 is 29.0. The van der Waals surface area contributed by atoms with E-state index >= 15 is 0 Å². The lowest BCUT2D eigenvalue weighted by molar-refractivity contribution is -0.131. The third-order valence-electron chi connectivity index (χ3n) is 4.19. The largest absolute Gasteiger partial charge is 0.426 e. The second-order valence-corrected chi connectivity index (χ2v) is 9.42. The van der Waals surface area contributed by atoms with Crippen molar-refractivity contribution in [2.24, 2.45) is 0 Å². The first-order valence-electron chi connectivity index (χ1n) is 8.17. The molecule has 1 amide bonds. The Hall–Kier alpha value is -2.19. The summed E-state index contributed by atoms with van der Waals surface area (Å²) in [5.74, 6) is -0.630. The molecule has 0 radical (unpaired) electrons. The summed E-state index contributed by atoms with van der Waals surface area (Å²) in [6.07, 6.45) is 0.412. The van der Waals surface area contributed by atoms with E-state index in [0.29, 0.717) is 13.0 Å². The molecule has 1 aliphatic rings. The van der Waals surface area contributed by atoms with E-state index < -0.39 is 15.8 Å². The zero-order chi connectivity index (χ0) is 18.7. The highest BCUT2D eigenvalue weighted by molar-refractivity contribution is 7.91. The third-order valence-corrected chi connectivity index (χ3v) is 6.80. The number of benzene rings is 1. The van der Waals surface area contributed by atoms with Crippen LogP contribution in [0.3, 0.4) is 0 Å². The van der Waals surface area contributed by atoms with Gasteiger partial charge in [0.15, 0.2) is 9.84 Å². The van der Waals surface area contributed by atoms with Gasteiger partial charge in [0, 0.05) is 17.8 Å². The zero-order valence-electron chi connectivity index (χ0n) is 14.3. The van der Waals surface area contributed by atoms with Crippen molar-refractivity contribution in [1.82, 2.24) is 4.90 Å². The van der Waals surface area contributed by atoms with E-state index in [1.807, 2.05) is 17.5 Å². The van der Waals surface area contributed by atoms with E-state index in [1.54, 1.807) is 29.2 Å². The minimum atomic E-state index is -3.14. The Bertz CT molecular complexity index is 905. The number of hydrogen-bond acceptors (Lipinski definition) is 6. The Labute approximate surface area is 156 Å². The van der Waals surface area contributed by atoms with E-state index in [4.69, 9.17) is 4.74 Å². The second-order valence-electron chi connectivity index (χ2n) is 6.16. The molecular weight excluding hydrogens is 374 g/mol. The first kappa shape index (κ1) is 18.6. The van der Waals surface area contributed by atoms with Crippen LogP contribution in [0.15, 0.2) is 41.8 Å². The normalized spacial score (nSPS) is 18.4. The van der Waals surface area contributed by atoms with E-state index in [1.165, 1.54) is 18.3 Å². The molecule has 2 aromatic rings. The number of esters is 1. The van der Waals surface area contributed by atoms with Gasteiger partial charge in [0.2, 0.25) is 0 Å². The number of ether oxygens (including phenoxy) is 1. The zero-order valence-corrected chi connectivity index (χ0v) is 15.9. The molecule has 1 atom stereocenters. The van der Waals surface area contributed by atoms with E-state index in [-0.39, 0.29) is 34.8 Å². The van der Waals surface area contributed by atoms with Crippen molar-refractivity contribution in [2.75, 3.05) is 11.5 Å². The van der Waals surface area contributed by atoms with Gasteiger partial charge in [0.25, 0.3) is 5.91 Å². The van der Waals surface area contributed by atoms with Crippen LogP contribution in [0.2, 0.25) is 0 Å². The van der Waals surface area contributed by atoms with Crippen LogP contribution in [0.25, 0.3) is 0 Å². The first-order chi connectivity index (χ1) is 12.4. The highest BCUT2D eigenvalue weighted by Crippen LogP contribution is 2.27. The van der Waals surface area contributed by atoms with Crippen molar-refractivity contribution in [1.29, 1.82) is 0 Å². The van der Waals surface area contributed by atoms with Crippen LogP contribution in [0.4, 0.5) is 0 Å². The quantitative estimate of drug-likeness (QED) is 0.576. The summed E-state index contributed by atoms with van der Waals surface area (Å²) in [6.45, 7) is 1.60. The number of hydrogen-bond donors (Lipinski definition) is 0. The van der Waals surface area contributed by atoms with Crippen LogP contribution < -0.4 is 4.74 Å². The predicted molar refractivity (Wildman–Crippen MR) is 99.0 cm³/mol. The summed E-state index contributed by atoms with van der Waals surface area (Å²) in [7, 11) is -3.14. The molecule has 1 aromatic carbocycles. The molecule has 6 nitrogen and oxygen atoms in total. The van der Waals surface area contributed by atoms with Crippen LogP contribution in [0.1, 0.15) is 28.6 Å². The molecule has 3 rings (SSSR count). The van der Waals surface area contributed by atoms with Gasteiger partial charge in [-0.2, -0.15) is 0 Å². The van der Waals surface area contributed by atoms with Gasteiger partial charge >= 0.3 is 5.97 Å². The highest BCUT2D eigenvalue weighted by atomic mass is 32.2. The van der Waals surface area contributed by atoms with Gasteiger partial charge in [-0.15, -0.1) is 11.3 Å². The Morgan fingerprint density at radius 2 is 2.00 bits per heavy atom. The van der Waals surface area contributed by atoms with Crippen LogP contribution in [0, 0.1) is 0 Å². The smallest absolute Gasteiger partial charge is 0.308 e. The molecule has 0 spiro atoms. The maximum absolute atomic E-state index is 13.2. The molecule has 1 aromatic heterocycles. The van der Waals surface area contributed by atoms with Crippen LogP contribution in [0.5, 0.6) is 5.75 Å². The predicted octanol–water partition coefficient (Wildman–Crippen LogP) is 2.50. The molecule has 1 saturated heterocycles. The number of carbonyl (C=O) groups excluding carboxylic acids is 2. The number of rotatable bonds is 5. The maximum atomic E-state index is 13.2. The van der Waals surface area contributed by atoms with E-state index in [2.05, 4.69) is 0 Å². The van der Waals surface area contributed by atoms with Crippen molar-refractivity contribution in [3.8, 4) is 5.75 Å². The van der Waals surface area contributed by atoms with Crippen molar-refractivity contribution < 1.29 is 22.7 Å². The number of sulfone groups is 1. The molecule has 0 bridgehead atoms. The molecule has 0 unspecified atom stereocenters. The Balaban J connectivity index is 1.94. The molecule has 0 saturated carbocycles. The summed E-state index contributed by atoms with van der Waals surface area (Å²) in [5, 5.41) is 1.91. The molecular formula is C18H19NO5S2. The monoisotopic (exact) mass is 393 g/mol. The van der Waals surface area contributed by atoms with Gasteiger partial charge in [-0.05, 0) is 30.0 Å². The number of para-hydroxylation sites is 1. The van der Waals surface area contributed by atoms with Gasteiger partial charge in [-0.1, -0.05) is 18.2 Å². The molecule has 2 heterocycles. The second kappa shape index (κ2) is 7.59. The van der Waals surface area contributed by atoms with Crippen LogP contribution in [-0.4, -0.2) is 42.7 Å². The SMILES string of the molecule is CC(=O)Oc1ccccc1C(=O)N(Cc1cccs1)[C@@H]1CCS(=O)(=O)C1. The maximum Gasteiger partial charge on any atom is 0.308 e. The summed E-state index contributed by atoms with van der Waals surface area (Å²) in [6, 6.07) is 9.93. The number of carbonyl (C=O) groups is 2. The fourth-order valence-electron chi connectivity index (χ4n) is 3.00. The third kappa shape index (κ3) is 4.31. The number of nitrogens with zero attached hydrogens (tertiary/aromatic N) is 1. The van der Waals surface area contributed by atoms with Gasteiger partial charge in [-0.25, -0.2) is 8.42 Å². The molecule has 0 N–H and O–H groups in total. The Morgan fingerprint density at radius 1 is 1.23 bits per heavy atom. The van der Waals surface area contributed by atoms with Gasteiger partial charge in [0.05, 0.1) is 23.6 Å². The standard InChI is InChI=1S/C18H19NO5S2/c1-13(20)24-17-7-3-2-6-16(17)18(21)19(11-15-5-4-9-25-15)14-8-10-26(22,23)12-14/h2-7,9,14H,8,10-12H2,1H3/t14-/m1/s1. The molecule has 26 heavy (non-hydrogen) atoms. The fourth-order valence-corrected chi connectivity index (χ4v) is 5.43. The van der Waals surface area contributed by atoms with Crippen LogP contribution >= 0.6 is 11.3 Å². The summed E-state index contributed by atoms with van der Waals surface area (Å²) >= 11 is 1.51. The van der Waals surface area contributed by atoms with Gasteiger partial charge in [0.1, 0.15) is 5.75 Å². The molecule has 0 aliphatic carbocycles. The number of thiophene rings is 1. The topological polar surface area (TPSA) is 80.8 Å². The fraction of sp³-hybridized carbons (Fsp3) is 0.333. The first-order valence-corrected chi connectivity index (χ1v) is 10.9. The number of amides is 1. The van der Waals surface area contributed by atoms with E-state index in [9.17, 15) is 18.0 Å². The molecule has 1 fully saturated rings. The average molecular weight is 393 g/mol.